The average Bonchev–Trinajstić information content (AvgIpc) is 2.53. The molecule has 1 aromatic carbocycles. The summed E-state index contributed by atoms with van der Waals surface area (Å²) in [5.41, 5.74) is -1.85. The van der Waals surface area contributed by atoms with Crippen molar-refractivity contribution < 1.29 is 34.0 Å². The Morgan fingerprint density at radius 1 is 1.25 bits per heavy atom. The average molecular weight is 363 g/mol. The van der Waals surface area contributed by atoms with Crippen LogP contribution in [0.1, 0.15) is 24.3 Å². The molecule has 2 atom stereocenters. The number of carbonyl (C=O) groups is 1. The van der Waals surface area contributed by atoms with Gasteiger partial charge >= 0.3 is 5.97 Å². The van der Waals surface area contributed by atoms with Gasteiger partial charge in [0.2, 0.25) is 7.37 Å². The smallest absolute Gasteiger partial charge is 0.324 e. The van der Waals surface area contributed by atoms with E-state index in [0.29, 0.717) is 6.07 Å². The number of nitro benzene ring substituents is 2. The van der Waals surface area contributed by atoms with Gasteiger partial charge < -0.3 is 14.8 Å². The second kappa shape index (κ2) is 7.93. The lowest BCUT2D eigenvalue weighted by Gasteiger charge is -2.18. The summed E-state index contributed by atoms with van der Waals surface area (Å²) >= 11 is 0. The van der Waals surface area contributed by atoms with Crippen molar-refractivity contribution in [1.29, 1.82) is 0 Å². The second-order valence-electron chi connectivity index (χ2n) is 4.74. The molecule has 0 radical (unpaired) electrons. The maximum atomic E-state index is 12.1. The number of rotatable bonds is 8. The van der Waals surface area contributed by atoms with E-state index in [9.17, 15) is 39.6 Å². The van der Waals surface area contributed by atoms with Crippen molar-refractivity contribution in [2.45, 2.75) is 18.7 Å². The van der Waals surface area contributed by atoms with Crippen LogP contribution >= 0.6 is 7.37 Å². The molecule has 0 aliphatic rings. The number of aliphatic hydroxyl groups excluding tert-OH is 1. The standard InChI is InChI=1S/C11H14N3O9P/c12-23-10(15)2-1-3-24(21,22)11(16)7-4-8(13(17)18)6-9(5-7)14(19)20/h4-6,11,16H,1-3,12H2,(H,21,22)/t11-/m0/s1. The van der Waals surface area contributed by atoms with Crippen LogP contribution in [0, 0.1) is 20.2 Å². The van der Waals surface area contributed by atoms with Crippen LogP contribution in [0.5, 0.6) is 0 Å². The highest BCUT2D eigenvalue weighted by molar-refractivity contribution is 7.58. The van der Waals surface area contributed by atoms with Gasteiger partial charge in [-0.15, -0.1) is 0 Å². The summed E-state index contributed by atoms with van der Waals surface area (Å²) in [4.78, 5) is 44.3. The number of hydrogen-bond acceptors (Lipinski definition) is 9. The molecule has 0 bridgehead atoms. The van der Waals surface area contributed by atoms with Crippen LogP contribution in [-0.4, -0.2) is 32.0 Å². The predicted molar refractivity (Wildman–Crippen MR) is 78.9 cm³/mol. The Labute approximate surface area is 134 Å². The molecule has 0 fully saturated rings. The predicted octanol–water partition coefficient (Wildman–Crippen LogP) is 0.961. The van der Waals surface area contributed by atoms with Crippen molar-refractivity contribution in [2.24, 2.45) is 5.90 Å². The Bertz CT molecular complexity index is 676. The molecule has 0 heterocycles. The summed E-state index contributed by atoms with van der Waals surface area (Å²) in [6.45, 7) is 0. The van der Waals surface area contributed by atoms with Gasteiger partial charge in [0.25, 0.3) is 11.4 Å². The molecule has 0 aromatic heterocycles. The minimum Gasteiger partial charge on any atom is -0.378 e. The number of nitrogens with two attached hydrogens (primary N) is 1. The number of benzene rings is 1. The Morgan fingerprint density at radius 2 is 1.75 bits per heavy atom. The van der Waals surface area contributed by atoms with Gasteiger partial charge in [-0.3, -0.25) is 29.6 Å². The van der Waals surface area contributed by atoms with Crippen LogP contribution in [0.4, 0.5) is 11.4 Å². The van der Waals surface area contributed by atoms with E-state index in [1.807, 2.05) is 0 Å². The summed E-state index contributed by atoms with van der Waals surface area (Å²) in [5, 5.41) is 31.6. The zero-order valence-electron chi connectivity index (χ0n) is 12.1. The number of non-ortho nitro benzene ring substituents is 2. The van der Waals surface area contributed by atoms with Crippen LogP contribution < -0.4 is 5.90 Å². The lowest BCUT2D eigenvalue weighted by atomic mass is 10.2. The Hall–Kier alpha value is -2.40. The second-order valence-corrected chi connectivity index (χ2v) is 7.19. The van der Waals surface area contributed by atoms with Crippen molar-refractivity contribution in [3.05, 3.63) is 44.0 Å². The number of nitrogens with zero attached hydrogens (tertiary/aromatic N) is 2. The summed E-state index contributed by atoms with van der Waals surface area (Å²) in [6.07, 6.45) is -0.930. The molecular formula is C11H14N3O9P. The summed E-state index contributed by atoms with van der Waals surface area (Å²) in [7, 11) is -4.31. The number of hydrogen-bond donors (Lipinski definition) is 3. The van der Waals surface area contributed by atoms with Crippen molar-refractivity contribution >= 4 is 24.7 Å². The van der Waals surface area contributed by atoms with Crippen LogP contribution in [-0.2, 0) is 14.2 Å². The SMILES string of the molecule is NOC(=O)CCCP(=O)(O)[C@H](O)c1cc([N+](=O)[O-])cc([N+](=O)[O-])c1. The molecule has 0 spiro atoms. The first-order chi connectivity index (χ1) is 11.1. The molecule has 0 saturated heterocycles. The largest absolute Gasteiger partial charge is 0.378 e. The summed E-state index contributed by atoms with van der Waals surface area (Å²) in [6, 6.07) is 2.21. The lowest BCUT2D eigenvalue weighted by molar-refractivity contribution is -0.394. The molecule has 1 unspecified atom stereocenters. The molecule has 4 N–H and O–H groups in total. The zero-order chi connectivity index (χ0) is 18.5. The van der Waals surface area contributed by atoms with E-state index in [4.69, 9.17) is 0 Å². The van der Waals surface area contributed by atoms with Crippen molar-refractivity contribution in [1.82, 2.24) is 0 Å². The van der Waals surface area contributed by atoms with Gasteiger partial charge in [0.05, 0.1) is 15.9 Å². The van der Waals surface area contributed by atoms with Gasteiger partial charge in [-0.05, 0) is 6.42 Å². The Morgan fingerprint density at radius 3 is 2.17 bits per heavy atom. The normalized spacial score (nSPS) is 14.5. The molecule has 0 aliphatic carbocycles. The minimum absolute atomic E-state index is 0.141. The van der Waals surface area contributed by atoms with Crippen molar-refractivity contribution in [3.8, 4) is 0 Å². The molecular weight excluding hydrogens is 349 g/mol. The van der Waals surface area contributed by atoms with Crippen LogP contribution in [0.2, 0.25) is 0 Å². The first-order valence-electron chi connectivity index (χ1n) is 6.41. The molecule has 1 aromatic rings. The van der Waals surface area contributed by atoms with Crippen molar-refractivity contribution in [3.63, 3.8) is 0 Å². The Kier molecular flexibility index (Phi) is 6.49. The minimum atomic E-state index is -4.31. The monoisotopic (exact) mass is 363 g/mol. The Balaban J connectivity index is 3.05. The molecule has 132 valence electrons. The number of carbonyl (C=O) groups excluding carboxylic acids is 1. The first-order valence-corrected chi connectivity index (χ1v) is 8.32. The van der Waals surface area contributed by atoms with E-state index in [1.165, 1.54) is 0 Å². The maximum absolute atomic E-state index is 12.1. The molecule has 12 nitrogen and oxygen atoms in total. The first kappa shape index (κ1) is 19.6. The van der Waals surface area contributed by atoms with E-state index in [-0.39, 0.29) is 12.8 Å². The topological polar surface area (TPSA) is 196 Å². The van der Waals surface area contributed by atoms with Crippen LogP contribution in [0.25, 0.3) is 0 Å². The molecule has 1 rings (SSSR count). The fraction of sp³-hybridized carbons (Fsp3) is 0.364. The fourth-order valence-electron chi connectivity index (χ4n) is 1.84. The van der Waals surface area contributed by atoms with Crippen LogP contribution in [0.15, 0.2) is 18.2 Å². The third kappa shape index (κ3) is 5.06. The quantitative estimate of drug-likeness (QED) is 0.340. The lowest BCUT2D eigenvalue weighted by Crippen LogP contribution is -2.11. The van der Waals surface area contributed by atoms with Gasteiger partial charge in [0, 0.05) is 30.3 Å². The fourth-order valence-corrected chi connectivity index (χ4v) is 3.31. The van der Waals surface area contributed by atoms with Gasteiger partial charge in [0.15, 0.2) is 5.85 Å². The highest BCUT2D eigenvalue weighted by Gasteiger charge is 2.33. The van der Waals surface area contributed by atoms with Gasteiger partial charge in [-0.1, -0.05) is 0 Å². The third-order valence-corrected chi connectivity index (χ3v) is 5.04. The highest BCUT2D eigenvalue weighted by atomic mass is 31.2. The number of aliphatic hydroxyl groups is 1. The van der Waals surface area contributed by atoms with Gasteiger partial charge in [-0.25, -0.2) is 0 Å². The van der Waals surface area contributed by atoms with Gasteiger partial charge in [0.1, 0.15) is 0 Å². The molecule has 24 heavy (non-hydrogen) atoms. The third-order valence-electron chi connectivity index (χ3n) is 3.02. The summed E-state index contributed by atoms with van der Waals surface area (Å²) in [5.74, 6) is 1.70. The molecule has 0 saturated carbocycles. The molecule has 0 aliphatic heterocycles. The molecule has 13 heteroatoms. The van der Waals surface area contributed by atoms with E-state index in [0.717, 1.165) is 12.1 Å². The van der Waals surface area contributed by atoms with Crippen molar-refractivity contribution in [2.75, 3.05) is 6.16 Å². The van der Waals surface area contributed by atoms with Crippen LogP contribution in [0.3, 0.4) is 0 Å². The van der Waals surface area contributed by atoms with E-state index in [2.05, 4.69) is 10.7 Å². The van der Waals surface area contributed by atoms with Gasteiger partial charge in [-0.2, -0.15) is 5.90 Å². The van der Waals surface area contributed by atoms with E-state index >= 15 is 0 Å². The molecule has 0 amide bonds. The number of nitro groups is 2. The van der Waals surface area contributed by atoms with E-state index in [1.54, 1.807) is 0 Å². The highest BCUT2D eigenvalue weighted by Crippen LogP contribution is 2.55. The zero-order valence-corrected chi connectivity index (χ0v) is 13.0. The maximum Gasteiger partial charge on any atom is 0.324 e. The summed E-state index contributed by atoms with van der Waals surface area (Å²) < 4.78 is 12.1. The van der Waals surface area contributed by atoms with E-state index < -0.39 is 52.1 Å².